The van der Waals surface area contributed by atoms with E-state index in [-0.39, 0.29) is 5.75 Å². The quantitative estimate of drug-likeness (QED) is 0.649. The number of nitrogens with zero attached hydrogens (tertiary/aromatic N) is 1. The summed E-state index contributed by atoms with van der Waals surface area (Å²) in [6.45, 7) is 2.21. The van der Waals surface area contributed by atoms with Crippen LogP contribution in [0.2, 0.25) is 0 Å². The molecule has 0 aliphatic carbocycles. The highest BCUT2D eigenvalue weighted by Gasteiger charge is 2.25. The minimum atomic E-state index is -3.45. The molecule has 2 aromatic carbocycles. The predicted molar refractivity (Wildman–Crippen MR) is 105 cm³/mol. The van der Waals surface area contributed by atoms with Gasteiger partial charge in [-0.05, 0) is 42.8 Å². The molecule has 0 saturated heterocycles. The molecule has 0 radical (unpaired) electrons. The van der Waals surface area contributed by atoms with Crippen LogP contribution in [-0.4, -0.2) is 43.7 Å². The van der Waals surface area contributed by atoms with Crippen molar-refractivity contribution in [2.24, 2.45) is 0 Å². The molecular weight excluding hydrogens is 387 g/mol. The van der Waals surface area contributed by atoms with Gasteiger partial charge in [0.1, 0.15) is 15.7 Å². The van der Waals surface area contributed by atoms with Gasteiger partial charge >= 0.3 is 5.69 Å². The van der Waals surface area contributed by atoms with Gasteiger partial charge in [-0.1, -0.05) is 6.07 Å². The Balaban J connectivity index is 2.23. The second-order valence-electron chi connectivity index (χ2n) is 6.41. The number of fused-ring (bicyclic) bond motifs is 1. The van der Waals surface area contributed by atoms with Gasteiger partial charge in [0.2, 0.25) is 0 Å². The Morgan fingerprint density at radius 2 is 1.93 bits per heavy atom. The van der Waals surface area contributed by atoms with Crippen molar-refractivity contribution in [3.8, 4) is 11.5 Å². The van der Waals surface area contributed by atoms with Crippen LogP contribution in [0.3, 0.4) is 0 Å². The van der Waals surface area contributed by atoms with Crippen LogP contribution in [0, 0.1) is 5.82 Å². The number of ether oxygens (including phenoxy) is 2. The van der Waals surface area contributed by atoms with E-state index < -0.39 is 27.4 Å². The van der Waals surface area contributed by atoms with Crippen LogP contribution in [0.4, 0.5) is 4.39 Å². The van der Waals surface area contributed by atoms with Crippen molar-refractivity contribution in [1.29, 1.82) is 0 Å². The van der Waals surface area contributed by atoms with E-state index in [9.17, 15) is 17.6 Å². The van der Waals surface area contributed by atoms with E-state index in [1.54, 1.807) is 18.2 Å². The van der Waals surface area contributed by atoms with Crippen molar-refractivity contribution in [2.45, 2.75) is 13.0 Å². The highest BCUT2D eigenvalue weighted by atomic mass is 32.2. The second kappa shape index (κ2) is 7.67. The molecule has 0 bridgehead atoms. The normalized spacial score (nSPS) is 12.9. The summed E-state index contributed by atoms with van der Waals surface area (Å²) in [5.74, 6) is 0.135. The average molecular weight is 408 g/mol. The summed E-state index contributed by atoms with van der Waals surface area (Å²) in [6.07, 6.45) is 1.10. The Labute approximate surface area is 161 Å². The highest BCUT2D eigenvalue weighted by molar-refractivity contribution is 7.90. The highest BCUT2D eigenvalue weighted by Crippen LogP contribution is 2.32. The first kappa shape index (κ1) is 19.9. The summed E-state index contributed by atoms with van der Waals surface area (Å²) in [7, 11) is -1.95. The van der Waals surface area contributed by atoms with Crippen LogP contribution in [0.1, 0.15) is 18.5 Å². The maximum atomic E-state index is 13.5. The molecule has 0 aliphatic rings. The van der Waals surface area contributed by atoms with Crippen molar-refractivity contribution < 1.29 is 22.3 Å². The average Bonchev–Trinajstić information content (AvgIpc) is 2.94. The molecule has 7 nitrogen and oxygen atoms in total. The maximum Gasteiger partial charge on any atom is 0.327 e. The fraction of sp³-hybridized carbons (Fsp3) is 0.316. The number of sulfone groups is 1. The summed E-state index contributed by atoms with van der Waals surface area (Å²) in [5, 5.41) is 0. The van der Waals surface area contributed by atoms with Gasteiger partial charge in [-0.15, -0.1) is 0 Å². The molecule has 1 atom stereocenters. The third-order valence-electron chi connectivity index (χ3n) is 4.32. The Morgan fingerprint density at radius 3 is 2.57 bits per heavy atom. The number of aromatic amines is 1. The number of hydrogen-bond donors (Lipinski definition) is 1. The smallest absolute Gasteiger partial charge is 0.327 e. The van der Waals surface area contributed by atoms with E-state index in [0.717, 1.165) is 6.26 Å². The van der Waals surface area contributed by atoms with Crippen LogP contribution < -0.4 is 15.2 Å². The number of benzene rings is 2. The molecule has 0 saturated carbocycles. The van der Waals surface area contributed by atoms with Crippen LogP contribution in [0.5, 0.6) is 11.5 Å². The molecule has 150 valence electrons. The lowest BCUT2D eigenvalue weighted by atomic mass is 10.1. The van der Waals surface area contributed by atoms with Crippen LogP contribution in [0.25, 0.3) is 11.0 Å². The lowest BCUT2D eigenvalue weighted by molar-refractivity contribution is 0.310. The van der Waals surface area contributed by atoms with Crippen molar-refractivity contribution in [1.82, 2.24) is 9.55 Å². The second-order valence-corrected chi connectivity index (χ2v) is 8.60. The number of imidazole rings is 1. The molecule has 0 unspecified atom stereocenters. The standard InChI is InChI=1S/C19H21FN2O5S/c1-4-27-18-9-12(5-8-17(18)26-2)16(11-28(3,24)25)22-15-7-6-13(20)10-14(15)21-19(22)23/h5-10,16H,4,11H2,1-3H3,(H,21,23)/t16-/m1/s1. The third-order valence-corrected chi connectivity index (χ3v) is 5.24. The fourth-order valence-electron chi connectivity index (χ4n) is 3.19. The number of methoxy groups -OCH3 is 1. The van der Waals surface area contributed by atoms with E-state index in [0.29, 0.717) is 34.7 Å². The Hall–Kier alpha value is -2.81. The van der Waals surface area contributed by atoms with Gasteiger partial charge in [0.05, 0.1) is 36.5 Å². The molecule has 0 fully saturated rings. The molecule has 0 aliphatic heterocycles. The molecule has 0 spiro atoms. The van der Waals surface area contributed by atoms with E-state index in [1.165, 1.54) is 29.9 Å². The first-order chi connectivity index (χ1) is 13.2. The van der Waals surface area contributed by atoms with Crippen molar-refractivity contribution in [3.63, 3.8) is 0 Å². The summed E-state index contributed by atoms with van der Waals surface area (Å²) in [5.41, 5.74) is 0.737. The third kappa shape index (κ3) is 4.04. The van der Waals surface area contributed by atoms with Gasteiger partial charge in [0, 0.05) is 6.26 Å². The van der Waals surface area contributed by atoms with Crippen LogP contribution >= 0.6 is 0 Å². The van der Waals surface area contributed by atoms with E-state index in [2.05, 4.69) is 4.98 Å². The zero-order valence-electron chi connectivity index (χ0n) is 15.7. The fourth-order valence-corrected chi connectivity index (χ4v) is 4.10. The number of halogens is 1. The number of H-pyrrole nitrogens is 1. The molecule has 28 heavy (non-hydrogen) atoms. The van der Waals surface area contributed by atoms with E-state index >= 15 is 0 Å². The Morgan fingerprint density at radius 1 is 1.18 bits per heavy atom. The van der Waals surface area contributed by atoms with Crippen LogP contribution in [0.15, 0.2) is 41.2 Å². The summed E-state index contributed by atoms with van der Waals surface area (Å²) >= 11 is 0. The Kier molecular flexibility index (Phi) is 5.46. The summed E-state index contributed by atoms with van der Waals surface area (Å²) in [6, 6.07) is 8.05. The zero-order valence-corrected chi connectivity index (χ0v) is 16.5. The number of rotatable bonds is 7. The molecule has 9 heteroatoms. The zero-order chi connectivity index (χ0) is 20.5. The van der Waals surface area contributed by atoms with Crippen LogP contribution in [-0.2, 0) is 9.84 Å². The molecule has 0 amide bonds. The van der Waals surface area contributed by atoms with Crippen molar-refractivity contribution in [2.75, 3.05) is 25.7 Å². The minimum absolute atomic E-state index is 0.294. The summed E-state index contributed by atoms with van der Waals surface area (Å²) in [4.78, 5) is 15.2. The van der Waals surface area contributed by atoms with E-state index in [1.807, 2.05) is 6.92 Å². The molecule has 3 rings (SSSR count). The number of aromatic nitrogens is 2. The lowest BCUT2D eigenvalue weighted by Crippen LogP contribution is -2.28. The molecular formula is C19H21FN2O5S. The molecule has 3 aromatic rings. The van der Waals surface area contributed by atoms with Gasteiger partial charge in [0.15, 0.2) is 11.5 Å². The lowest BCUT2D eigenvalue weighted by Gasteiger charge is -2.20. The van der Waals surface area contributed by atoms with Crippen molar-refractivity contribution >= 4 is 20.9 Å². The first-order valence-electron chi connectivity index (χ1n) is 8.61. The maximum absolute atomic E-state index is 13.5. The Bertz CT molecular complexity index is 1170. The predicted octanol–water partition coefficient (Wildman–Crippen LogP) is 2.51. The number of hydrogen-bond acceptors (Lipinski definition) is 5. The molecule has 1 aromatic heterocycles. The summed E-state index contributed by atoms with van der Waals surface area (Å²) < 4.78 is 49.9. The largest absolute Gasteiger partial charge is 0.493 e. The molecule has 1 heterocycles. The first-order valence-corrected chi connectivity index (χ1v) is 10.7. The van der Waals surface area contributed by atoms with Gasteiger partial charge in [-0.3, -0.25) is 4.57 Å². The van der Waals surface area contributed by atoms with E-state index in [4.69, 9.17) is 9.47 Å². The van der Waals surface area contributed by atoms with Gasteiger partial charge in [-0.25, -0.2) is 17.6 Å². The minimum Gasteiger partial charge on any atom is -0.493 e. The van der Waals surface area contributed by atoms with Crippen molar-refractivity contribution in [3.05, 3.63) is 58.3 Å². The van der Waals surface area contributed by atoms with Gasteiger partial charge < -0.3 is 14.5 Å². The topological polar surface area (TPSA) is 90.4 Å². The van der Waals surface area contributed by atoms with Gasteiger partial charge in [0.25, 0.3) is 0 Å². The van der Waals surface area contributed by atoms with Gasteiger partial charge in [-0.2, -0.15) is 0 Å². The number of nitrogens with one attached hydrogen (secondary N) is 1. The SMILES string of the molecule is CCOc1cc([C@@H](CS(C)(=O)=O)n2c(=O)[nH]c3cc(F)ccc32)ccc1OC. The monoisotopic (exact) mass is 408 g/mol. The molecule has 1 N–H and O–H groups in total.